The monoisotopic (exact) mass is 367 g/mol. The first-order valence-electron chi connectivity index (χ1n) is 8.88. The van der Waals surface area contributed by atoms with Crippen molar-refractivity contribution in [1.29, 1.82) is 0 Å². The van der Waals surface area contributed by atoms with E-state index in [2.05, 4.69) is 15.0 Å². The van der Waals surface area contributed by atoms with E-state index in [1.807, 2.05) is 23.1 Å². The lowest BCUT2D eigenvalue weighted by atomic mass is 10.1. The van der Waals surface area contributed by atoms with Crippen LogP contribution in [-0.2, 0) is 7.05 Å². The summed E-state index contributed by atoms with van der Waals surface area (Å²) in [5.41, 5.74) is 2.83. The first kappa shape index (κ1) is 17.3. The van der Waals surface area contributed by atoms with Gasteiger partial charge in [-0.05, 0) is 32.0 Å². The van der Waals surface area contributed by atoms with Crippen LogP contribution in [0, 0.1) is 13.8 Å². The number of benzene rings is 1. The third-order valence-corrected chi connectivity index (χ3v) is 5.08. The van der Waals surface area contributed by atoms with E-state index in [0.717, 1.165) is 5.69 Å². The van der Waals surface area contributed by atoms with Crippen LogP contribution in [0.5, 0.6) is 0 Å². The van der Waals surface area contributed by atoms with Gasteiger partial charge in [-0.3, -0.25) is 9.59 Å². The minimum Gasteiger partial charge on any atom is -0.368 e. The molecule has 0 saturated carbocycles. The number of hydrogen-bond donors (Lipinski definition) is 0. The van der Waals surface area contributed by atoms with Crippen LogP contribution in [-0.4, -0.2) is 51.7 Å². The summed E-state index contributed by atoms with van der Waals surface area (Å²) in [5.74, 6) is 0.525. The third kappa shape index (κ3) is 2.97. The molecule has 1 fully saturated rings. The zero-order chi connectivity index (χ0) is 19.1. The molecule has 0 aliphatic carbocycles. The zero-order valence-electron chi connectivity index (χ0n) is 15.6. The first-order chi connectivity index (χ1) is 13.0. The van der Waals surface area contributed by atoms with E-state index in [9.17, 15) is 9.59 Å². The first-order valence-corrected chi connectivity index (χ1v) is 8.88. The van der Waals surface area contributed by atoms with Crippen molar-refractivity contribution in [2.45, 2.75) is 13.8 Å². The second-order valence-electron chi connectivity index (χ2n) is 6.84. The highest BCUT2D eigenvalue weighted by Gasteiger charge is 2.26. The van der Waals surface area contributed by atoms with Crippen molar-refractivity contribution >= 4 is 22.5 Å². The Labute approximate surface area is 156 Å². The lowest BCUT2D eigenvalue weighted by Gasteiger charge is -2.36. The van der Waals surface area contributed by atoms with Crippen LogP contribution < -0.4 is 10.5 Å². The van der Waals surface area contributed by atoms with Gasteiger partial charge in [0, 0.05) is 38.9 Å². The lowest BCUT2D eigenvalue weighted by molar-refractivity contribution is 0.0744. The maximum absolute atomic E-state index is 12.8. The number of nitrogens with zero attached hydrogens (tertiary/aromatic N) is 5. The number of aryl methyl sites for hydroxylation is 3. The van der Waals surface area contributed by atoms with Crippen molar-refractivity contribution in [3.05, 3.63) is 51.9 Å². The molecule has 3 heterocycles. The smallest absolute Gasteiger partial charge is 0.260 e. The SMILES string of the molecule is Cc1noc(C)c1C(=O)N1CCN(c2ccc3c(=O)n(C)cnc3c2)CC1. The molecule has 0 N–H and O–H groups in total. The van der Waals surface area contributed by atoms with E-state index in [1.54, 1.807) is 20.9 Å². The van der Waals surface area contributed by atoms with E-state index < -0.39 is 0 Å². The number of aromatic nitrogens is 3. The average molecular weight is 367 g/mol. The Morgan fingerprint density at radius 3 is 2.56 bits per heavy atom. The normalized spacial score (nSPS) is 14.8. The molecule has 4 rings (SSSR count). The summed E-state index contributed by atoms with van der Waals surface area (Å²) in [6, 6.07) is 5.70. The van der Waals surface area contributed by atoms with Gasteiger partial charge >= 0.3 is 0 Å². The van der Waals surface area contributed by atoms with Gasteiger partial charge in [-0.15, -0.1) is 0 Å². The molecule has 1 amide bonds. The second-order valence-corrected chi connectivity index (χ2v) is 6.84. The van der Waals surface area contributed by atoms with Crippen molar-refractivity contribution in [1.82, 2.24) is 19.6 Å². The molecule has 2 aromatic heterocycles. The van der Waals surface area contributed by atoms with E-state index in [1.165, 1.54) is 10.9 Å². The fourth-order valence-electron chi connectivity index (χ4n) is 3.51. The van der Waals surface area contributed by atoms with E-state index >= 15 is 0 Å². The van der Waals surface area contributed by atoms with Crippen molar-refractivity contribution in [2.24, 2.45) is 7.05 Å². The standard InChI is InChI=1S/C19H21N5O3/c1-12-17(13(2)27-21-12)19(26)24-8-6-23(7-9-24)14-4-5-15-16(10-14)20-11-22(3)18(15)25/h4-5,10-11H,6-9H2,1-3H3. The van der Waals surface area contributed by atoms with Gasteiger partial charge in [-0.25, -0.2) is 4.98 Å². The molecular formula is C19H21N5O3. The molecule has 8 nitrogen and oxygen atoms in total. The van der Waals surface area contributed by atoms with Gasteiger partial charge in [0.05, 0.1) is 22.9 Å². The molecule has 0 unspecified atom stereocenters. The van der Waals surface area contributed by atoms with Crippen molar-refractivity contribution in [2.75, 3.05) is 31.1 Å². The number of carbonyl (C=O) groups is 1. The average Bonchev–Trinajstić information content (AvgIpc) is 3.02. The van der Waals surface area contributed by atoms with E-state index in [-0.39, 0.29) is 11.5 Å². The van der Waals surface area contributed by atoms with Crippen LogP contribution in [0.25, 0.3) is 10.9 Å². The minimum atomic E-state index is -0.0542. The molecule has 0 radical (unpaired) electrons. The van der Waals surface area contributed by atoms with Crippen LogP contribution in [0.4, 0.5) is 5.69 Å². The molecule has 0 bridgehead atoms. The van der Waals surface area contributed by atoms with Gasteiger partial charge in [0.1, 0.15) is 11.3 Å². The lowest BCUT2D eigenvalue weighted by Crippen LogP contribution is -2.49. The Morgan fingerprint density at radius 2 is 1.89 bits per heavy atom. The van der Waals surface area contributed by atoms with Gasteiger partial charge in [0.25, 0.3) is 11.5 Å². The molecule has 140 valence electrons. The van der Waals surface area contributed by atoms with Gasteiger partial charge in [-0.1, -0.05) is 5.16 Å². The molecule has 0 atom stereocenters. The Bertz CT molecular complexity index is 1060. The van der Waals surface area contributed by atoms with Crippen LogP contribution in [0.1, 0.15) is 21.8 Å². The fraction of sp³-hybridized carbons (Fsp3) is 0.368. The number of anilines is 1. The molecule has 0 spiro atoms. The Kier molecular flexibility index (Phi) is 4.18. The second kappa shape index (κ2) is 6.53. The summed E-state index contributed by atoms with van der Waals surface area (Å²) in [4.78, 5) is 33.3. The van der Waals surface area contributed by atoms with Crippen molar-refractivity contribution < 1.29 is 9.32 Å². The molecule has 27 heavy (non-hydrogen) atoms. The highest BCUT2D eigenvalue weighted by atomic mass is 16.5. The van der Waals surface area contributed by atoms with Crippen molar-refractivity contribution in [3.63, 3.8) is 0 Å². The van der Waals surface area contributed by atoms with Gasteiger partial charge < -0.3 is 18.9 Å². The number of piperazine rings is 1. The number of hydrogen-bond acceptors (Lipinski definition) is 6. The molecule has 8 heteroatoms. The van der Waals surface area contributed by atoms with Crippen molar-refractivity contribution in [3.8, 4) is 0 Å². The molecule has 1 saturated heterocycles. The van der Waals surface area contributed by atoms with Gasteiger partial charge in [0.15, 0.2) is 0 Å². The summed E-state index contributed by atoms with van der Waals surface area (Å²) in [6.45, 7) is 6.20. The summed E-state index contributed by atoms with van der Waals surface area (Å²) < 4.78 is 6.59. The topological polar surface area (TPSA) is 84.5 Å². The van der Waals surface area contributed by atoms with Crippen LogP contribution in [0.3, 0.4) is 0 Å². The van der Waals surface area contributed by atoms with E-state index in [0.29, 0.717) is 54.1 Å². The van der Waals surface area contributed by atoms with Gasteiger partial charge in [-0.2, -0.15) is 0 Å². The number of carbonyl (C=O) groups excluding carboxylic acids is 1. The predicted molar refractivity (Wildman–Crippen MR) is 101 cm³/mol. The summed E-state index contributed by atoms with van der Waals surface area (Å²) >= 11 is 0. The maximum Gasteiger partial charge on any atom is 0.260 e. The predicted octanol–water partition coefficient (Wildman–Crippen LogP) is 1.50. The summed E-state index contributed by atoms with van der Waals surface area (Å²) in [6.07, 6.45) is 1.54. The summed E-state index contributed by atoms with van der Waals surface area (Å²) in [5, 5.41) is 4.48. The van der Waals surface area contributed by atoms with Gasteiger partial charge in [0.2, 0.25) is 0 Å². The summed E-state index contributed by atoms with van der Waals surface area (Å²) in [7, 11) is 1.69. The molecule has 1 aromatic carbocycles. The molecular weight excluding hydrogens is 346 g/mol. The third-order valence-electron chi connectivity index (χ3n) is 5.08. The molecule has 3 aromatic rings. The van der Waals surface area contributed by atoms with Crippen LogP contribution >= 0.6 is 0 Å². The Morgan fingerprint density at radius 1 is 1.15 bits per heavy atom. The molecule has 1 aliphatic heterocycles. The zero-order valence-corrected chi connectivity index (χ0v) is 15.6. The largest absolute Gasteiger partial charge is 0.368 e. The molecule has 1 aliphatic rings. The fourth-order valence-corrected chi connectivity index (χ4v) is 3.51. The number of fused-ring (bicyclic) bond motifs is 1. The number of rotatable bonds is 2. The highest BCUT2D eigenvalue weighted by Crippen LogP contribution is 2.22. The van der Waals surface area contributed by atoms with E-state index in [4.69, 9.17) is 4.52 Å². The maximum atomic E-state index is 12.8. The highest BCUT2D eigenvalue weighted by molar-refractivity contribution is 5.96. The quantitative estimate of drug-likeness (QED) is 0.682. The van der Waals surface area contributed by atoms with Crippen LogP contribution in [0.15, 0.2) is 33.8 Å². The Hall–Kier alpha value is -3.16. The van der Waals surface area contributed by atoms with Crippen LogP contribution in [0.2, 0.25) is 0 Å². The number of amides is 1. The minimum absolute atomic E-state index is 0.0328. The Balaban J connectivity index is 1.51.